The third-order valence-corrected chi connectivity index (χ3v) is 4.87. The quantitative estimate of drug-likeness (QED) is 0.850. The minimum Gasteiger partial charge on any atom is -0.381 e. The van der Waals surface area contributed by atoms with Crippen LogP contribution in [0.4, 0.5) is 5.69 Å². The van der Waals surface area contributed by atoms with E-state index >= 15 is 0 Å². The molecule has 0 spiro atoms. The fourth-order valence-electron chi connectivity index (χ4n) is 3.57. The Morgan fingerprint density at radius 1 is 1.27 bits per heavy atom. The van der Waals surface area contributed by atoms with Gasteiger partial charge in [0.1, 0.15) is 0 Å². The largest absolute Gasteiger partial charge is 0.381 e. The van der Waals surface area contributed by atoms with E-state index in [1.807, 2.05) is 24.1 Å². The molecule has 0 bridgehead atoms. The minimum atomic E-state index is 0.734. The molecule has 0 saturated carbocycles. The van der Waals surface area contributed by atoms with Crippen molar-refractivity contribution in [3.63, 3.8) is 0 Å². The molecule has 0 aliphatic carbocycles. The van der Waals surface area contributed by atoms with Crippen molar-refractivity contribution >= 4 is 16.7 Å². The SMILES string of the molecule is Cn1ncc2c(N3CCN(CC4CCOC4)CC3)ccnc21. The van der Waals surface area contributed by atoms with Gasteiger partial charge in [-0.05, 0) is 18.4 Å². The molecule has 0 aromatic carbocycles. The number of fused-ring (bicyclic) bond motifs is 1. The van der Waals surface area contributed by atoms with Gasteiger partial charge in [0.15, 0.2) is 5.65 Å². The van der Waals surface area contributed by atoms with Crippen molar-refractivity contribution in [1.29, 1.82) is 0 Å². The Bertz CT molecular complexity index is 641. The normalized spacial score (nSPS) is 23.5. The highest BCUT2D eigenvalue weighted by molar-refractivity contribution is 5.89. The van der Waals surface area contributed by atoms with Crippen LogP contribution in [0.25, 0.3) is 11.0 Å². The van der Waals surface area contributed by atoms with Gasteiger partial charge >= 0.3 is 0 Å². The van der Waals surface area contributed by atoms with E-state index in [0.29, 0.717) is 0 Å². The fraction of sp³-hybridized carbons (Fsp3) is 0.625. The molecule has 2 aromatic heterocycles. The van der Waals surface area contributed by atoms with Gasteiger partial charge < -0.3 is 9.64 Å². The fourth-order valence-corrected chi connectivity index (χ4v) is 3.57. The monoisotopic (exact) mass is 301 g/mol. The van der Waals surface area contributed by atoms with Gasteiger partial charge in [-0.1, -0.05) is 0 Å². The predicted molar refractivity (Wildman–Crippen MR) is 86.1 cm³/mol. The van der Waals surface area contributed by atoms with Crippen LogP contribution in [0.15, 0.2) is 18.5 Å². The van der Waals surface area contributed by atoms with E-state index in [9.17, 15) is 0 Å². The molecule has 22 heavy (non-hydrogen) atoms. The molecule has 4 heterocycles. The van der Waals surface area contributed by atoms with E-state index in [-0.39, 0.29) is 0 Å². The van der Waals surface area contributed by atoms with Gasteiger partial charge in [0.25, 0.3) is 0 Å². The number of anilines is 1. The second-order valence-corrected chi connectivity index (χ2v) is 6.35. The Labute approximate surface area is 130 Å². The number of nitrogens with zero attached hydrogens (tertiary/aromatic N) is 5. The summed E-state index contributed by atoms with van der Waals surface area (Å²) in [5.41, 5.74) is 2.23. The first-order valence-corrected chi connectivity index (χ1v) is 8.13. The summed E-state index contributed by atoms with van der Waals surface area (Å²) < 4.78 is 7.33. The summed E-state index contributed by atoms with van der Waals surface area (Å²) >= 11 is 0. The average Bonchev–Trinajstić information content (AvgIpc) is 3.18. The molecule has 2 aromatic rings. The van der Waals surface area contributed by atoms with Crippen LogP contribution in [0.2, 0.25) is 0 Å². The predicted octanol–water partition coefficient (Wildman–Crippen LogP) is 1.13. The van der Waals surface area contributed by atoms with E-state index < -0.39 is 0 Å². The molecule has 6 nitrogen and oxygen atoms in total. The van der Waals surface area contributed by atoms with Gasteiger partial charge in [0.05, 0.1) is 23.9 Å². The standard InChI is InChI=1S/C16H23N5O/c1-19-16-14(10-18-19)15(2-4-17-16)21-7-5-20(6-8-21)11-13-3-9-22-12-13/h2,4,10,13H,3,5-9,11-12H2,1H3. The van der Waals surface area contributed by atoms with E-state index in [1.54, 1.807) is 0 Å². The second kappa shape index (κ2) is 5.85. The summed E-state index contributed by atoms with van der Waals surface area (Å²) in [5.74, 6) is 0.734. The Hall–Kier alpha value is -1.66. The molecule has 6 heteroatoms. The van der Waals surface area contributed by atoms with Crippen molar-refractivity contribution < 1.29 is 4.74 Å². The molecule has 1 atom stereocenters. The summed E-state index contributed by atoms with van der Waals surface area (Å²) in [7, 11) is 1.95. The van der Waals surface area contributed by atoms with Crippen LogP contribution in [0, 0.1) is 5.92 Å². The topological polar surface area (TPSA) is 46.4 Å². The lowest BCUT2D eigenvalue weighted by atomic mass is 10.1. The zero-order chi connectivity index (χ0) is 14.9. The number of piperazine rings is 1. The first-order chi connectivity index (χ1) is 10.8. The maximum atomic E-state index is 5.49. The van der Waals surface area contributed by atoms with Gasteiger partial charge in [-0.15, -0.1) is 0 Å². The summed E-state index contributed by atoms with van der Waals surface area (Å²) in [6.07, 6.45) is 5.04. The lowest BCUT2D eigenvalue weighted by Crippen LogP contribution is -2.48. The lowest BCUT2D eigenvalue weighted by Gasteiger charge is -2.37. The van der Waals surface area contributed by atoms with Crippen molar-refractivity contribution in [2.45, 2.75) is 6.42 Å². The molecule has 1 unspecified atom stereocenters. The van der Waals surface area contributed by atoms with E-state index in [0.717, 1.165) is 56.3 Å². The molecule has 4 rings (SSSR count). The second-order valence-electron chi connectivity index (χ2n) is 6.35. The first kappa shape index (κ1) is 14.0. The maximum absolute atomic E-state index is 5.49. The Morgan fingerprint density at radius 3 is 2.91 bits per heavy atom. The van der Waals surface area contributed by atoms with E-state index in [1.165, 1.54) is 18.7 Å². The summed E-state index contributed by atoms with van der Waals surface area (Å²) in [5, 5.41) is 5.49. The van der Waals surface area contributed by atoms with Crippen LogP contribution in [-0.4, -0.2) is 65.6 Å². The number of aryl methyl sites for hydroxylation is 1. The van der Waals surface area contributed by atoms with Crippen LogP contribution < -0.4 is 4.90 Å². The first-order valence-electron chi connectivity index (χ1n) is 8.13. The van der Waals surface area contributed by atoms with Gasteiger partial charge in [-0.3, -0.25) is 9.58 Å². The number of hydrogen-bond acceptors (Lipinski definition) is 5. The highest BCUT2D eigenvalue weighted by Crippen LogP contribution is 2.26. The molecular formula is C16H23N5O. The Balaban J connectivity index is 1.44. The zero-order valence-corrected chi connectivity index (χ0v) is 13.1. The molecular weight excluding hydrogens is 278 g/mol. The summed E-state index contributed by atoms with van der Waals surface area (Å²) in [6, 6.07) is 2.12. The van der Waals surface area contributed by atoms with Crippen molar-refractivity contribution in [1.82, 2.24) is 19.7 Å². The molecule has 0 amide bonds. The zero-order valence-electron chi connectivity index (χ0n) is 13.1. The Kier molecular flexibility index (Phi) is 3.72. The lowest BCUT2D eigenvalue weighted by molar-refractivity contribution is 0.164. The van der Waals surface area contributed by atoms with Crippen LogP contribution in [0.1, 0.15) is 6.42 Å². The minimum absolute atomic E-state index is 0.734. The molecule has 118 valence electrons. The van der Waals surface area contributed by atoms with Crippen LogP contribution in [-0.2, 0) is 11.8 Å². The van der Waals surface area contributed by atoms with Gasteiger partial charge in [-0.2, -0.15) is 5.10 Å². The van der Waals surface area contributed by atoms with Crippen molar-refractivity contribution in [3.8, 4) is 0 Å². The number of pyridine rings is 1. The average molecular weight is 301 g/mol. The molecule has 2 saturated heterocycles. The van der Waals surface area contributed by atoms with E-state index in [2.05, 4.69) is 25.9 Å². The van der Waals surface area contributed by atoms with E-state index in [4.69, 9.17) is 4.74 Å². The highest BCUT2D eigenvalue weighted by Gasteiger charge is 2.23. The third-order valence-electron chi connectivity index (χ3n) is 4.87. The number of ether oxygens (including phenoxy) is 1. The molecule has 2 aliphatic rings. The van der Waals surface area contributed by atoms with Crippen LogP contribution >= 0.6 is 0 Å². The molecule has 2 aliphatic heterocycles. The highest BCUT2D eigenvalue weighted by atomic mass is 16.5. The van der Waals surface area contributed by atoms with Crippen LogP contribution in [0.3, 0.4) is 0 Å². The Morgan fingerprint density at radius 2 is 2.14 bits per heavy atom. The summed E-state index contributed by atoms with van der Waals surface area (Å²) in [4.78, 5) is 9.48. The molecule has 0 radical (unpaired) electrons. The number of hydrogen-bond donors (Lipinski definition) is 0. The third kappa shape index (κ3) is 2.57. The van der Waals surface area contributed by atoms with Crippen molar-refractivity contribution in [2.75, 3.05) is 50.8 Å². The number of aromatic nitrogens is 3. The van der Waals surface area contributed by atoms with Crippen molar-refractivity contribution in [2.24, 2.45) is 13.0 Å². The smallest absolute Gasteiger partial charge is 0.159 e. The molecule has 0 N–H and O–H groups in total. The van der Waals surface area contributed by atoms with Gasteiger partial charge in [0, 0.05) is 52.6 Å². The molecule has 2 fully saturated rings. The van der Waals surface area contributed by atoms with Gasteiger partial charge in [0.2, 0.25) is 0 Å². The maximum Gasteiger partial charge on any atom is 0.159 e. The van der Waals surface area contributed by atoms with Gasteiger partial charge in [-0.25, -0.2) is 4.98 Å². The van der Waals surface area contributed by atoms with Crippen LogP contribution in [0.5, 0.6) is 0 Å². The summed E-state index contributed by atoms with van der Waals surface area (Å²) in [6.45, 7) is 7.47. The number of rotatable bonds is 3. The van der Waals surface area contributed by atoms with Crippen molar-refractivity contribution in [3.05, 3.63) is 18.5 Å².